The Labute approximate surface area is 65.2 Å². The van der Waals surface area contributed by atoms with Crippen LogP contribution in [-0.2, 0) is 4.79 Å². The molecular weight excluding hydrogens is 156 g/mol. The zero-order chi connectivity index (χ0) is 6.85. The molecule has 0 aromatic rings. The molecule has 1 fully saturated rings. The highest BCUT2D eigenvalue weighted by Crippen LogP contribution is 2.03. The van der Waals surface area contributed by atoms with Crippen molar-refractivity contribution >= 4 is 18.4 Å². The van der Waals surface area contributed by atoms with E-state index >= 15 is 0 Å². The molecule has 10 heavy (non-hydrogen) atoms. The van der Waals surface area contributed by atoms with Gasteiger partial charge >= 0.3 is 5.97 Å². The minimum atomic E-state index is -0.803. The molecule has 4 N–H and O–H groups in total. The number of nitrogens with one attached hydrogen (secondary N) is 1. The van der Waals surface area contributed by atoms with Gasteiger partial charge in [0.05, 0.1) is 0 Å². The number of nitrogens with two attached hydrogens (primary N) is 1. The minimum absolute atomic E-state index is 0. The van der Waals surface area contributed by atoms with Gasteiger partial charge in [0.1, 0.15) is 6.04 Å². The van der Waals surface area contributed by atoms with Crippen LogP contribution in [0.15, 0.2) is 0 Å². The molecule has 60 valence electrons. The first kappa shape index (κ1) is 9.68. The Morgan fingerprint density at radius 2 is 2.30 bits per heavy atom. The molecule has 0 aromatic heterocycles. The van der Waals surface area contributed by atoms with E-state index in [0.29, 0.717) is 13.0 Å². The Balaban J connectivity index is 0.000000810. The second-order valence-corrected chi connectivity index (χ2v) is 2.29. The number of aliphatic carboxylic acids is 1. The van der Waals surface area contributed by atoms with Gasteiger partial charge in [-0.15, -0.1) is 12.4 Å². The fourth-order valence-corrected chi connectivity index (χ4v) is 0.951. The van der Waals surface area contributed by atoms with Crippen molar-refractivity contribution in [3.05, 3.63) is 0 Å². The second kappa shape index (κ2) is 3.75. The number of carbonyl (C=O) groups is 1. The van der Waals surface area contributed by atoms with Gasteiger partial charge in [-0.2, -0.15) is 0 Å². The first-order valence-corrected chi connectivity index (χ1v) is 2.92. The van der Waals surface area contributed by atoms with E-state index in [1.165, 1.54) is 0 Å². The summed E-state index contributed by atoms with van der Waals surface area (Å²) in [6, 6.07) is -0.397. The first-order valence-electron chi connectivity index (χ1n) is 2.92. The lowest BCUT2D eigenvalue weighted by atomic mass is 10.2. The summed E-state index contributed by atoms with van der Waals surface area (Å²) in [5, 5.41) is 11.2. The third kappa shape index (κ3) is 2.13. The van der Waals surface area contributed by atoms with Gasteiger partial charge in [-0.1, -0.05) is 0 Å². The van der Waals surface area contributed by atoms with Gasteiger partial charge in [-0.05, 0) is 6.42 Å². The number of hydrogen-bond acceptors (Lipinski definition) is 3. The molecule has 0 unspecified atom stereocenters. The van der Waals surface area contributed by atoms with Crippen molar-refractivity contribution < 1.29 is 9.90 Å². The van der Waals surface area contributed by atoms with Crippen molar-refractivity contribution in [2.24, 2.45) is 5.73 Å². The maximum absolute atomic E-state index is 10.2. The molecule has 1 aliphatic heterocycles. The first-order chi connectivity index (χ1) is 4.20. The average molecular weight is 167 g/mol. The van der Waals surface area contributed by atoms with Crippen LogP contribution in [0.25, 0.3) is 0 Å². The summed E-state index contributed by atoms with van der Waals surface area (Å²) in [6.07, 6.45) is 0.551. The lowest BCUT2D eigenvalue weighted by Crippen LogP contribution is -2.30. The van der Waals surface area contributed by atoms with E-state index in [9.17, 15) is 4.79 Å². The molecule has 1 aliphatic rings. The van der Waals surface area contributed by atoms with Crippen LogP contribution in [0.5, 0.6) is 0 Å². The predicted molar refractivity (Wildman–Crippen MR) is 39.3 cm³/mol. The second-order valence-electron chi connectivity index (χ2n) is 2.29. The van der Waals surface area contributed by atoms with Crippen molar-refractivity contribution in [1.29, 1.82) is 0 Å². The lowest BCUT2D eigenvalue weighted by molar-refractivity contribution is -0.139. The van der Waals surface area contributed by atoms with E-state index in [1.807, 2.05) is 0 Å². The van der Waals surface area contributed by atoms with Crippen LogP contribution >= 0.6 is 12.4 Å². The molecule has 0 saturated carbocycles. The van der Waals surface area contributed by atoms with Crippen molar-refractivity contribution in [1.82, 2.24) is 5.32 Å². The van der Waals surface area contributed by atoms with Crippen molar-refractivity contribution in [2.75, 3.05) is 6.54 Å². The van der Waals surface area contributed by atoms with E-state index in [4.69, 9.17) is 10.8 Å². The summed E-state index contributed by atoms with van der Waals surface area (Å²) in [7, 11) is 0. The van der Waals surface area contributed by atoms with Crippen molar-refractivity contribution in [3.63, 3.8) is 0 Å². The Morgan fingerprint density at radius 3 is 2.50 bits per heavy atom. The van der Waals surface area contributed by atoms with E-state index in [-0.39, 0.29) is 18.4 Å². The van der Waals surface area contributed by atoms with Gasteiger partial charge < -0.3 is 16.2 Å². The molecule has 2 atom stereocenters. The topological polar surface area (TPSA) is 75.3 Å². The number of carboxylic acids is 1. The molecular formula is C5H11ClN2O2. The standard InChI is InChI=1S/C5H10N2O2.ClH/c6-3-1-4(5(8)9)7-2-3;/h3-4,7H,1-2,6H2,(H,8,9);1H/t3-,4+;/m1./s1. The normalized spacial score (nSPS) is 31.3. The van der Waals surface area contributed by atoms with Gasteiger partial charge in [0, 0.05) is 12.6 Å². The van der Waals surface area contributed by atoms with E-state index in [0.717, 1.165) is 0 Å². The number of halogens is 1. The molecule has 0 spiro atoms. The summed E-state index contributed by atoms with van der Waals surface area (Å²) in [5.74, 6) is -0.803. The molecule has 0 aliphatic carbocycles. The van der Waals surface area contributed by atoms with Gasteiger partial charge in [-0.25, -0.2) is 0 Å². The van der Waals surface area contributed by atoms with Gasteiger partial charge in [0.15, 0.2) is 0 Å². The van der Waals surface area contributed by atoms with Crippen LogP contribution in [-0.4, -0.2) is 29.7 Å². The smallest absolute Gasteiger partial charge is 0.320 e. The zero-order valence-corrected chi connectivity index (χ0v) is 6.23. The fraction of sp³-hybridized carbons (Fsp3) is 0.800. The Kier molecular flexibility index (Phi) is 3.63. The van der Waals surface area contributed by atoms with E-state index in [2.05, 4.69) is 5.32 Å². The largest absolute Gasteiger partial charge is 0.480 e. The molecule has 5 heteroatoms. The summed E-state index contributed by atoms with van der Waals surface area (Å²) < 4.78 is 0. The Bertz CT molecular complexity index is 131. The number of carboxylic acid groups (broad SMARTS) is 1. The maximum Gasteiger partial charge on any atom is 0.320 e. The van der Waals surface area contributed by atoms with Crippen molar-refractivity contribution in [2.45, 2.75) is 18.5 Å². The third-order valence-electron chi connectivity index (χ3n) is 1.46. The summed E-state index contributed by atoms with van der Waals surface area (Å²) in [6.45, 7) is 0.622. The molecule has 4 nitrogen and oxygen atoms in total. The summed E-state index contributed by atoms with van der Waals surface area (Å²) >= 11 is 0. The predicted octanol–water partition coefficient (Wildman–Crippen LogP) is -0.818. The highest BCUT2D eigenvalue weighted by atomic mass is 35.5. The van der Waals surface area contributed by atoms with Crippen LogP contribution < -0.4 is 11.1 Å². The molecule has 1 heterocycles. The summed E-state index contributed by atoms with van der Waals surface area (Å²) in [5.41, 5.74) is 5.44. The molecule has 0 bridgehead atoms. The highest BCUT2D eigenvalue weighted by molar-refractivity contribution is 5.85. The van der Waals surface area contributed by atoms with Crippen LogP contribution in [0.1, 0.15) is 6.42 Å². The highest BCUT2D eigenvalue weighted by Gasteiger charge is 2.26. The quantitative estimate of drug-likeness (QED) is 0.476. The number of hydrogen-bond donors (Lipinski definition) is 3. The third-order valence-corrected chi connectivity index (χ3v) is 1.46. The number of rotatable bonds is 1. The van der Waals surface area contributed by atoms with Gasteiger partial charge in [0.2, 0.25) is 0 Å². The van der Waals surface area contributed by atoms with Crippen LogP contribution in [0.2, 0.25) is 0 Å². The fourth-order valence-electron chi connectivity index (χ4n) is 0.951. The van der Waals surface area contributed by atoms with Crippen molar-refractivity contribution in [3.8, 4) is 0 Å². The molecule has 0 radical (unpaired) electrons. The monoisotopic (exact) mass is 166 g/mol. The maximum atomic E-state index is 10.2. The minimum Gasteiger partial charge on any atom is -0.480 e. The van der Waals surface area contributed by atoms with E-state index < -0.39 is 12.0 Å². The van der Waals surface area contributed by atoms with Crippen LogP contribution in [0, 0.1) is 0 Å². The van der Waals surface area contributed by atoms with Crippen LogP contribution in [0.4, 0.5) is 0 Å². The summed E-state index contributed by atoms with van der Waals surface area (Å²) in [4.78, 5) is 10.2. The lowest BCUT2D eigenvalue weighted by Gasteiger charge is -2.00. The SMILES string of the molecule is Cl.N[C@H]1CN[C@H](C(=O)O)C1. The molecule has 0 amide bonds. The molecule has 1 saturated heterocycles. The Morgan fingerprint density at radius 1 is 1.70 bits per heavy atom. The van der Waals surface area contributed by atoms with Gasteiger partial charge in [0.25, 0.3) is 0 Å². The molecule has 0 aromatic carbocycles. The molecule has 1 rings (SSSR count). The Hall–Kier alpha value is -0.320. The van der Waals surface area contributed by atoms with Crippen LogP contribution in [0.3, 0.4) is 0 Å². The zero-order valence-electron chi connectivity index (χ0n) is 5.41. The van der Waals surface area contributed by atoms with Gasteiger partial charge in [-0.3, -0.25) is 4.79 Å². The van der Waals surface area contributed by atoms with E-state index in [1.54, 1.807) is 0 Å². The average Bonchev–Trinajstić information content (AvgIpc) is 2.14.